The molecule has 0 bridgehead atoms. The molecule has 0 fully saturated rings. The van der Waals surface area contributed by atoms with E-state index in [1.165, 1.54) is 0 Å². The molecule has 3 heterocycles. The number of para-hydroxylation sites is 1. The van der Waals surface area contributed by atoms with Crippen LogP contribution in [0.2, 0.25) is 0 Å². The van der Waals surface area contributed by atoms with E-state index in [1.54, 1.807) is 11.3 Å². The lowest BCUT2D eigenvalue weighted by Gasteiger charge is -2.14. The van der Waals surface area contributed by atoms with Gasteiger partial charge in [0.15, 0.2) is 17.5 Å². The van der Waals surface area contributed by atoms with E-state index in [2.05, 4.69) is 6.07 Å². The summed E-state index contributed by atoms with van der Waals surface area (Å²) in [6.45, 7) is 0. The molecule has 0 amide bonds. The minimum absolute atomic E-state index is 0.0642. The van der Waals surface area contributed by atoms with Crippen LogP contribution < -0.4 is 0 Å². The van der Waals surface area contributed by atoms with Crippen molar-refractivity contribution in [1.29, 1.82) is 0 Å². The van der Waals surface area contributed by atoms with E-state index < -0.39 is 48.3 Å². The molecule has 0 saturated carbocycles. The van der Waals surface area contributed by atoms with Gasteiger partial charge in [0.05, 0.1) is 12.3 Å². The summed E-state index contributed by atoms with van der Waals surface area (Å²) >= 11 is 1.58. The number of benzene rings is 8. The van der Waals surface area contributed by atoms with Crippen molar-refractivity contribution in [3.63, 3.8) is 0 Å². The SMILES string of the molecule is [2H]c1c([2H])c([2H])c(-c2nc(-c3c([2H])c([2H])c([2H])c([2H])c3-c3ccc(-c4ccc5ccccc5c4)c4oc5ccccc5c34)nc(-c3cccc4sc5ccccc5c34)n2)c([2H])c1[2H]. The number of aromatic nitrogens is 3. The first-order valence-electron chi connectivity index (χ1n) is 21.8. The van der Waals surface area contributed by atoms with Gasteiger partial charge in [0.2, 0.25) is 0 Å². The zero-order valence-electron chi connectivity index (χ0n) is 37.2. The first-order valence-corrected chi connectivity index (χ1v) is 18.1. The van der Waals surface area contributed by atoms with E-state index in [-0.39, 0.29) is 40.2 Å². The largest absolute Gasteiger partial charge is 0.455 e. The van der Waals surface area contributed by atoms with E-state index in [1.807, 2.05) is 115 Å². The fraction of sp³-hybridized carbons (Fsp3) is 0. The highest BCUT2D eigenvalue weighted by molar-refractivity contribution is 7.25. The van der Waals surface area contributed by atoms with Gasteiger partial charge in [0.1, 0.15) is 11.2 Å². The molecular weight excluding hydrogens is 679 g/mol. The Morgan fingerprint density at radius 1 is 0.444 bits per heavy atom. The molecule has 0 radical (unpaired) electrons. The lowest BCUT2D eigenvalue weighted by atomic mass is 9.91. The number of hydrogen-bond acceptors (Lipinski definition) is 5. The standard InChI is InChI=1S/C49H29N3OS/c1-2-14-31(15-3-1)47-50-48(52-49(51-47)40-21-12-24-43-44(40)39-20-9-11-23-42(39)54-43)37-18-7-6-17-35(37)36-28-27-34(33-26-25-30-13-4-5-16-32(30)29-33)46-45(36)38-19-8-10-22-41(38)53-46/h1-29H/i1D,2D,3D,6D,7D,14D,15D,17D,18D. The number of fused-ring (bicyclic) bond motifs is 7. The first-order chi connectivity index (χ1) is 30.5. The number of furan rings is 1. The lowest BCUT2D eigenvalue weighted by Crippen LogP contribution is -2.01. The maximum atomic E-state index is 9.54. The van der Waals surface area contributed by atoms with Crippen molar-refractivity contribution in [1.82, 2.24) is 15.0 Å². The number of nitrogens with zero attached hydrogens (tertiary/aromatic N) is 3. The minimum atomic E-state index is -0.583. The van der Waals surface area contributed by atoms with Gasteiger partial charge in [-0.15, -0.1) is 11.3 Å². The van der Waals surface area contributed by atoms with Crippen LogP contribution in [0.15, 0.2) is 180 Å². The fourth-order valence-electron chi connectivity index (χ4n) is 7.35. The molecule has 0 aliphatic rings. The number of rotatable bonds is 5. The second-order valence-corrected chi connectivity index (χ2v) is 13.9. The summed E-state index contributed by atoms with van der Waals surface area (Å²) in [5.41, 5.74) is 3.49. The van der Waals surface area contributed by atoms with Gasteiger partial charge in [-0.1, -0.05) is 145 Å². The summed E-state index contributed by atoms with van der Waals surface area (Å²) in [6.07, 6.45) is 0. The Hall–Kier alpha value is -6.95. The Kier molecular flexibility index (Phi) is 5.22. The third-order valence-corrected chi connectivity index (χ3v) is 10.9. The van der Waals surface area contributed by atoms with Gasteiger partial charge >= 0.3 is 0 Å². The molecule has 3 aromatic heterocycles. The normalized spacial score (nSPS) is 14.0. The molecular formula is C49H29N3OS. The molecule has 11 rings (SSSR count). The molecule has 252 valence electrons. The van der Waals surface area contributed by atoms with Crippen LogP contribution in [0.5, 0.6) is 0 Å². The van der Waals surface area contributed by atoms with Crippen LogP contribution in [0.1, 0.15) is 12.3 Å². The van der Waals surface area contributed by atoms with Crippen molar-refractivity contribution in [2.24, 2.45) is 0 Å². The van der Waals surface area contributed by atoms with E-state index in [4.69, 9.17) is 29.0 Å². The molecule has 8 aromatic carbocycles. The van der Waals surface area contributed by atoms with Crippen LogP contribution in [-0.2, 0) is 0 Å². The van der Waals surface area contributed by atoms with Crippen LogP contribution in [0.4, 0.5) is 0 Å². The fourth-order valence-corrected chi connectivity index (χ4v) is 8.48. The minimum Gasteiger partial charge on any atom is -0.455 e. The molecule has 0 unspecified atom stereocenters. The van der Waals surface area contributed by atoms with Gasteiger partial charge in [-0.05, 0) is 57.8 Å². The number of hydrogen-bond donors (Lipinski definition) is 0. The van der Waals surface area contributed by atoms with Crippen molar-refractivity contribution in [3.05, 3.63) is 176 Å². The quantitative estimate of drug-likeness (QED) is 0.178. The van der Waals surface area contributed by atoms with Crippen LogP contribution in [-0.4, -0.2) is 15.0 Å². The van der Waals surface area contributed by atoms with Crippen molar-refractivity contribution < 1.29 is 16.8 Å². The molecule has 0 N–H and O–H groups in total. The zero-order valence-corrected chi connectivity index (χ0v) is 29.0. The molecule has 0 spiro atoms. The smallest absolute Gasteiger partial charge is 0.164 e. The number of thiophene rings is 1. The zero-order chi connectivity index (χ0) is 43.4. The summed E-state index contributed by atoms with van der Waals surface area (Å²) in [5, 5.41) is 5.20. The van der Waals surface area contributed by atoms with E-state index >= 15 is 0 Å². The second-order valence-electron chi connectivity index (χ2n) is 12.9. The molecule has 0 saturated heterocycles. The summed E-state index contributed by atoms with van der Waals surface area (Å²) in [4.78, 5) is 14.6. The third kappa shape index (κ3) is 4.94. The predicted molar refractivity (Wildman–Crippen MR) is 225 cm³/mol. The highest BCUT2D eigenvalue weighted by Gasteiger charge is 2.22. The van der Waals surface area contributed by atoms with Gasteiger partial charge in [0, 0.05) is 53.2 Å². The van der Waals surface area contributed by atoms with Gasteiger partial charge in [-0.3, -0.25) is 0 Å². The molecule has 0 aliphatic heterocycles. The predicted octanol–water partition coefficient (Wildman–Crippen LogP) is 13.6. The lowest BCUT2D eigenvalue weighted by molar-refractivity contribution is 0.670. The van der Waals surface area contributed by atoms with Crippen LogP contribution >= 0.6 is 11.3 Å². The van der Waals surface area contributed by atoms with Crippen LogP contribution in [0.25, 0.3) is 109 Å². The monoisotopic (exact) mass is 716 g/mol. The summed E-state index contributed by atoms with van der Waals surface area (Å²) < 4.78 is 88.8. The van der Waals surface area contributed by atoms with E-state index in [0.717, 1.165) is 47.5 Å². The third-order valence-electron chi connectivity index (χ3n) is 9.77. The Morgan fingerprint density at radius 3 is 2.02 bits per heavy atom. The van der Waals surface area contributed by atoms with Crippen molar-refractivity contribution in [2.45, 2.75) is 0 Å². The molecule has 4 nitrogen and oxygen atoms in total. The molecule has 5 heteroatoms. The van der Waals surface area contributed by atoms with E-state index in [9.17, 15) is 2.74 Å². The molecule has 11 aromatic rings. The van der Waals surface area contributed by atoms with Gasteiger partial charge in [0.25, 0.3) is 0 Å². The first kappa shape index (κ1) is 22.9. The summed E-state index contributed by atoms with van der Waals surface area (Å²) in [7, 11) is 0. The van der Waals surface area contributed by atoms with Crippen molar-refractivity contribution in [2.75, 3.05) is 0 Å². The highest BCUT2D eigenvalue weighted by atomic mass is 32.1. The van der Waals surface area contributed by atoms with Gasteiger partial charge in [-0.2, -0.15) is 0 Å². The Balaban J connectivity index is 1.25. The van der Waals surface area contributed by atoms with Crippen LogP contribution in [0, 0.1) is 0 Å². The molecule has 0 aliphatic carbocycles. The maximum Gasteiger partial charge on any atom is 0.164 e. The average Bonchev–Trinajstić information content (AvgIpc) is 3.90. The highest BCUT2D eigenvalue weighted by Crippen LogP contribution is 2.45. The Labute approximate surface area is 327 Å². The van der Waals surface area contributed by atoms with Crippen molar-refractivity contribution in [3.8, 4) is 56.4 Å². The second kappa shape index (κ2) is 12.3. The molecule has 0 atom stereocenters. The summed E-state index contributed by atoms with van der Waals surface area (Å²) in [6, 6.07) is 34.4. The summed E-state index contributed by atoms with van der Waals surface area (Å²) in [5.74, 6) is -0.354. The van der Waals surface area contributed by atoms with Gasteiger partial charge in [-0.25, -0.2) is 15.0 Å². The topological polar surface area (TPSA) is 51.8 Å². The maximum absolute atomic E-state index is 9.54. The average molecular weight is 717 g/mol. The molecule has 54 heavy (non-hydrogen) atoms. The Morgan fingerprint density at radius 2 is 1.13 bits per heavy atom. The van der Waals surface area contributed by atoms with Gasteiger partial charge < -0.3 is 4.42 Å². The van der Waals surface area contributed by atoms with E-state index in [0.29, 0.717) is 27.7 Å². The Bertz CT molecular complexity index is 3740. The van der Waals surface area contributed by atoms with Crippen molar-refractivity contribution >= 4 is 64.2 Å². The van der Waals surface area contributed by atoms with Crippen LogP contribution in [0.3, 0.4) is 0 Å².